The van der Waals surface area contributed by atoms with E-state index in [2.05, 4.69) is 5.18 Å². The van der Waals surface area contributed by atoms with Gasteiger partial charge in [-0.25, -0.2) is 0 Å². The third-order valence-electron chi connectivity index (χ3n) is 1.04. The Hall–Kier alpha value is -0.520. The Kier molecular flexibility index (Phi) is 5.00. The van der Waals surface area contributed by atoms with Gasteiger partial charge in [0.2, 0.25) is 0 Å². The van der Waals surface area contributed by atoms with E-state index in [4.69, 9.17) is 15.3 Å². The third-order valence-corrected chi connectivity index (χ3v) is 1.04. The Labute approximate surface area is 58.3 Å². The fraction of sp³-hybridized carbons (Fsp3) is 1.00. The average molecular weight is 149 g/mol. The molecule has 0 rings (SSSR count). The predicted octanol–water partition coefficient (Wildman–Crippen LogP) is -1.14. The average Bonchev–Trinajstić information content (AvgIpc) is 1.88. The Bertz CT molecular complexity index is 97.6. The van der Waals surface area contributed by atoms with Gasteiger partial charge in [-0.05, 0) is 0 Å². The minimum absolute atomic E-state index is 0.0117. The van der Waals surface area contributed by atoms with Crippen molar-refractivity contribution in [1.82, 2.24) is 0 Å². The number of hydrogen-bond donors (Lipinski definition) is 3. The largest absolute Gasteiger partial charge is 0.394 e. The van der Waals surface area contributed by atoms with Crippen molar-refractivity contribution in [3.05, 3.63) is 4.91 Å². The minimum Gasteiger partial charge on any atom is -0.394 e. The van der Waals surface area contributed by atoms with E-state index in [0.717, 1.165) is 0 Å². The molecule has 5 nitrogen and oxygen atoms in total. The molecule has 0 aliphatic heterocycles. The number of hydrogen-bond acceptors (Lipinski definition) is 5. The molecule has 60 valence electrons. The lowest BCUT2D eigenvalue weighted by molar-refractivity contribution is 0.0447. The Balaban J connectivity index is 3.35. The first-order valence-electron chi connectivity index (χ1n) is 2.96. The molecule has 5 heteroatoms. The summed E-state index contributed by atoms with van der Waals surface area (Å²) in [5.74, 6) is 0. The number of nitroso groups, excluding NO2 is 1. The second-order valence-electron chi connectivity index (χ2n) is 2.04. The summed E-state index contributed by atoms with van der Waals surface area (Å²) in [7, 11) is 0. The second kappa shape index (κ2) is 5.28. The van der Waals surface area contributed by atoms with Crippen LogP contribution in [0.4, 0.5) is 0 Å². The van der Waals surface area contributed by atoms with E-state index in [1.807, 2.05) is 0 Å². The lowest BCUT2D eigenvalue weighted by atomic mass is 10.2. The maximum Gasteiger partial charge on any atom is 0.107 e. The predicted molar refractivity (Wildman–Crippen MR) is 34.4 cm³/mol. The van der Waals surface area contributed by atoms with Crippen LogP contribution in [0.3, 0.4) is 0 Å². The number of aliphatic hydroxyl groups is 3. The van der Waals surface area contributed by atoms with E-state index >= 15 is 0 Å². The van der Waals surface area contributed by atoms with Crippen molar-refractivity contribution in [3.63, 3.8) is 0 Å². The van der Waals surface area contributed by atoms with E-state index in [-0.39, 0.29) is 13.0 Å². The van der Waals surface area contributed by atoms with Gasteiger partial charge in [0.1, 0.15) is 6.54 Å². The summed E-state index contributed by atoms with van der Waals surface area (Å²) in [6.45, 7) is -0.646. The normalized spacial score (nSPS) is 16.3. The van der Waals surface area contributed by atoms with Gasteiger partial charge in [-0.15, -0.1) is 0 Å². The highest BCUT2D eigenvalue weighted by Gasteiger charge is 2.10. The highest BCUT2D eigenvalue weighted by molar-refractivity contribution is 4.63. The van der Waals surface area contributed by atoms with Crippen molar-refractivity contribution >= 4 is 0 Å². The molecular weight excluding hydrogens is 138 g/mol. The zero-order valence-electron chi connectivity index (χ0n) is 5.47. The first kappa shape index (κ1) is 9.48. The van der Waals surface area contributed by atoms with Gasteiger partial charge in [-0.1, -0.05) is 5.18 Å². The lowest BCUT2D eigenvalue weighted by Crippen LogP contribution is -2.22. The highest BCUT2D eigenvalue weighted by Crippen LogP contribution is 1.97. The van der Waals surface area contributed by atoms with Crippen LogP contribution < -0.4 is 0 Å². The molecule has 0 heterocycles. The van der Waals surface area contributed by atoms with Crippen molar-refractivity contribution in [2.75, 3.05) is 13.2 Å². The van der Waals surface area contributed by atoms with Gasteiger partial charge in [0.05, 0.1) is 18.8 Å². The second-order valence-corrected chi connectivity index (χ2v) is 2.04. The first-order chi connectivity index (χ1) is 4.70. The Morgan fingerprint density at radius 2 is 1.90 bits per heavy atom. The SMILES string of the molecule is O=NCC(O)CC(O)CO. The lowest BCUT2D eigenvalue weighted by Gasteiger charge is -2.09. The zero-order valence-corrected chi connectivity index (χ0v) is 5.47. The Morgan fingerprint density at radius 1 is 1.30 bits per heavy atom. The van der Waals surface area contributed by atoms with Crippen LogP contribution in [0, 0.1) is 4.91 Å². The standard InChI is InChI=1S/C5H11NO4/c7-3-5(9)1-4(8)2-6-10/h4-5,7-9H,1-3H2. The molecule has 0 aliphatic carbocycles. The summed E-state index contributed by atoms with van der Waals surface area (Å²) in [4.78, 5) is 9.53. The van der Waals surface area contributed by atoms with E-state index in [9.17, 15) is 4.91 Å². The molecule has 0 aromatic heterocycles. The molecule has 0 spiro atoms. The van der Waals surface area contributed by atoms with Crippen LogP contribution in [0.2, 0.25) is 0 Å². The van der Waals surface area contributed by atoms with E-state index in [1.165, 1.54) is 0 Å². The van der Waals surface area contributed by atoms with Gasteiger partial charge >= 0.3 is 0 Å². The molecule has 0 fully saturated rings. The molecule has 3 N–H and O–H groups in total. The molecular formula is C5H11NO4. The van der Waals surface area contributed by atoms with Gasteiger partial charge < -0.3 is 15.3 Å². The number of nitrogens with zero attached hydrogens (tertiary/aromatic N) is 1. The van der Waals surface area contributed by atoms with E-state index in [1.54, 1.807) is 0 Å². The molecule has 10 heavy (non-hydrogen) atoms. The molecule has 0 aromatic rings. The van der Waals surface area contributed by atoms with Crippen molar-refractivity contribution in [2.45, 2.75) is 18.6 Å². The summed E-state index contributed by atoms with van der Waals surface area (Å²) < 4.78 is 0. The molecule has 0 bridgehead atoms. The highest BCUT2D eigenvalue weighted by atomic mass is 16.3. The van der Waals surface area contributed by atoms with Crippen molar-refractivity contribution in [3.8, 4) is 0 Å². The van der Waals surface area contributed by atoms with Gasteiger partial charge in [0, 0.05) is 6.42 Å². The molecule has 2 unspecified atom stereocenters. The summed E-state index contributed by atoms with van der Waals surface area (Å²) in [6, 6.07) is 0. The third kappa shape index (κ3) is 4.37. The molecule has 0 radical (unpaired) electrons. The van der Waals surface area contributed by atoms with Gasteiger partial charge in [0.25, 0.3) is 0 Å². The van der Waals surface area contributed by atoms with E-state index in [0.29, 0.717) is 0 Å². The summed E-state index contributed by atoms with van der Waals surface area (Å²) in [5.41, 5.74) is 0. The smallest absolute Gasteiger partial charge is 0.107 e. The molecule has 0 aromatic carbocycles. The van der Waals surface area contributed by atoms with Gasteiger partial charge in [-0.3, -0.25) is 0 Å². The van der Waals surface area contributed by atoms with Crippen LogP contribution in [-0.4, -0.2) is 40.7 Å². The fourth-order valence-electron chi connectivity index (χ4n) is 0.549. The maximum absolute atomic E-state index is 9.53. The van der Waals surface area contributed by atoms with Gasteiger partial charge in [0.15, 0.2) is 0 Å². The van der Waals surface area contributed by atoms with Crippen LogP contribution >= 0.6 is 0 Å². The zero-order chi connectivity index (χ0) is 7.98. The Morgan fingerprint density at radius 3 is 2.30 bits per heavy atom. The van der Waals surface area contributed by atoms with Crippen molar-refractivity contribution in [2.24, 2.45) is 5.18 Å². The molecule has 0 aliphatic rings. The number of aliphatic hydroxyl groups excluding tert-OH is 3. The van der Waals surface area contributed by atoms with Gasteiger partial charge in [-0.2, -0.15) is 4.91 Å². The van der Waals surface area contributed by atoms with Crippen molar-refractivity contribution < 1.29 is 15.3 Å². The minimum atomic E-state index is -0.961. The van der Waals surface area contributed by atoms with Crippen molar-refractivity contribution in [1.29, 1.82) is 0 Å². The summed E-state index contributed by atoms with van der Waals surface area (Å²) in [5, 5.41) is 28.2. The molecule has 0 saturated heterocycles. The quantitative estimate of drug-likeness (QED) is 0.431. The monoisotopic (exact) mass is 149 g/mol. The van der Waals surface area contributed by atoms with Crippen LogP contribution in [0.25, 0.3) is 0 Å². The summed E-state index contributed by atoms with van der Waals surface area (Å²) in [6.07, 6.45) is -1.92. The topological polar surface area (TPSA) is 90.1 Å². The maximum atomic E-state index is 9.53. The van der Waals surface area contributed by atoms with Crippen LogP contribution in [0.1, 0.15) is 6.42 Å². The number of rotatable bonds is 5. The molecule has 2 atom stereocenters. The van der Waals surface area contributed by atoms with Crippen LogP contribution in [0.5, 0.6) is 0 Å². The van der Waals surface area contributed by atoms with Crippen LogP contribution in [0.15, 0.2) is 5.18 Å². The molecule has 0 saturated carbocycles. The van der Waals surface area contributed by atoms with E-state index < -0.39 is 18.8 Å². The first-order valence-corrected chi connectivity index (χ1v) is 2.96. The summed E-state index contributed by atoms with van der Waals surface area (Å²) >= 11 is 0. The molecule has 0 amide bonds. The van der Waals surface area contributed by atoms with Crippen LogP contribution in [-0.2, 0) is 0 Å². The fourth-order valence-corrected chi connectivity index (χ4v) is 0.549.